The lowest BCUT2D eigenvalue weighted by atomic mass is 10.2. The Labute approximate surface area is 148 Å². The summed E-state index contributed by atoms with van der Waals surface area (Å²) in [6, 6.07) is 6.20. The second kappa shape index (κ2) is 8.88. The first-order valence-corrected chi connectivity index (χ1v) is 8.37. The Morgan fingerprint density at radius 3 is 2.44 bits per heavy atom. The van der Waals surface area contributed by atoms with Gasteiger partial charge in [0.25, 0.3) is 5.91 Å². The number of nitrogens with zero attached hydrogens (tertiary/aromatic N) is 2. The molecule has 9 heteroatoms. The number of nitrogens with one attached hydrogen (secondary N) is 1. The minimum atomic E-state index is -0.625. The van der Waals surface area contributed by atoms with Gasteiger partial charge in [-0.2, -0.15) is 0 Å². The Morgan fingerprint density at radius 2 is 1.80 bits per heavy atom. The highest BCUT2D eigenvalue weighted by atomic mass is 32.1. The van der Waals surface area contributed by atoms with Gasteiger partial charge in [-0.25, -0.2) is 9.59 Å². The van der Waals surface area contributed by atoms with Gasteiger partial charge in [-0.1, -0.05) is 11.4 Å². The van der Waals surface area contributed by atoms with Crippen LogP contribution in [0.15, 0.2) is 24.3 Å². The van der Waals surface area contributed by atoms with Crippen LogP contribution in [0, 0.1) is 0 Å². The molecular formula is C16H17N3O5S. The van der Waals surface area contributed by atoms with Gasteiger partial charge >= 0.3 is 11.9 Å². The minimum Gasteiger partial charge on any atom is -0.462 e. The van der Waals surface area contributed by atoms with Crippen molar-refractivity contribution in [2.45, 2.75) is 20.3 Å². The predicted molar refractivity (Wildman–Crippen MR) is 90.6 cm³/mol. The summed E-state index contributed by atoms with van der Waals surface area (Å²) in [4.78, 5) is 35.6. The number of aryl methyl sites for hydroxylation is 1. The minimum absolute atomic E-state index is 0.289. The zero-order valence-corrected chi connectivity index (χ0v) is 14.6. The van der Waals surface area contributed by atoms with E-state index in [2.05, 4.69) is 14.9 Å². The number of esters is 2. The van der Waals surface area contributed by atoms with Crippen molar-refractivity contribution in [1.82, 2.24) is 9.59 Å². The van der Waals surface area contributed by atoms with Crippen molar-refractivity contribution < 1.29 is 23.9 Å². The van der Waals surface area contributed by atoms with E-state index in [9.17, 15) is 14.4 Å². The highest BCUT2D eigenvalue weighted by Crippen LogP contribution is 2.13. The molecule has 0 saturated heterocycles. The Balaban J connectivity index is 1.86. The summed E-state index contributed by atoms with van der Waals surface area (Å²) in [6.07, 6.45) is 0.556. The molecule has 0 radical (unpaired) electrons. The molecular weight excluding hydrogens is 346 g/mol. The number of ether oxygens (including phenoxy) is 2. The Hall–Kier alpha value is -2.81. The number of rotatable bonds is 7. The van der Waals surface area contributed by atoms with Gasteiger partial charge in [-0.3, -0.25) is 4.79 Å². The van der Waals surface area contributed by atoms with Crippen LogP contribution in [0.5, 0.6) is 0 Å². The number of anilines is 1. The van der Waals surface area contributed by atoms with Gasteiger partial charge in [0.05, 0.1) is 17.9 Å². The maximum atomic E-state index is 11.9. The summed E-state index contributed by atoms with van der Waals surface area (Å²) in [6.45, 7) is 3.43. The van der Waals surface area contributed by atoms with Crippen molar-refractivity contribution in [3.05, 3.63) is 40.4 Å². The molecule has 132 valence electrons. The number of carbonyl (C=O) groups excluding carboxylic acids is 3. The van der Waals surface area contributed by atoms with Gasteiger partial charge in [0, 0.05) is 5.69 Å². The molecule has 2 aromatic rings. The maximum absolute atomic E-state index is 11.9. The van der Waals surface area contributed by atoms with Crippen molar-refractivity contribution in [1.29, 1.82) is 0 Å². The molecule has 0 spiro atoms. The molecule has 2 rings (SSSR count). The van der Waals surface area contributed by atoms with E-state index in [0.717, 1.165) is 11.5 Å². The van der Waals surface area contributed by atoms with Crippen LogP contribution in [0.25, 0.3) is 0 Å². The van der Waals surface area contributed by atoms with Gasteiger partial charge in [-0.15, -0.1) is 5.10 Å². The van der Waals surface area contributed by atoms with E-state index in [4.69, 9.17) is 9.47 Å². The number of amides is 1. The molecule has 1 N–H and O–H groups in total. The van der Waals surface area contributed by atoms with Gasteiger partial charge in [-0.05, 0) is 49.1 Å². The molecule has 8 nitrogen and oxygen atoms in total. The number of benzene rings is 1. The Bertz CT molecular complexity index is 757. The first-order valence-electron chi connectivity index (χ1n) is 7.60. The third-order valence-electron chi connectivity index (χ3n) is 3.09. The average molecular weight is 363 g/mol. The molecule has 25 heavy (non-hydrogen) atoms. The molecule has 0 aliphatic heterocycles. The van der Waals surface area contributed by atoms with Crippen molar-refractivity contribution in [3.63, 3.8) is 0 Å². The number of carbonyl (C=O) groups is 3. The van der Waals surface area contributed by atoms with E-state index in [1.165, 1.54) is 12.1 Å². The molecule has 0 aliphatic rings. The van der Waals surface area contributed by atoms with Crippen LogP contribution < -0.4 is 5.32 Å². The highest BCUT2D eigenvalue weighted by Gasteiger charge is 2.17. The summed E-state index contributed by atoms with van der Waals surface area (Å²) in [5.41, 5.74) is 1.41. The molecule has 1 aromatic carbocycles. The lowest BCUT2D eigenvalue weighted by molar-refractivity contribution is -0.119. The van der Waals surface area contributed by atoms with Gasteiger partial charge < -0.3 is 14.8 Å². The molecule has 0 fully saturated rings. The van der Waals surface area contributed by atoms with Crippen molar-refractivity contribution in [3.8, 4) is 0 Å². The second-order valence-corrected chi connectivity index (χ2v) is 5.58. The highest BCUT2D eigenvalue weighted by molar-refractivity contribution is 7.07. The van der Waals surface area contributed by atoms with Crippen LogP contribution in [0.4, 0.5) is 5.69 Å². The summed E-state index contributed by atoms with van der Waals surface area (Å²) < 4.78 is 13.5. The SMILES string of the molecule is CCOC(=O)c1ccc(NC(=O)COC(=O)c2snnc2CC)cc1. The van der Waals surface area contributed by atoms with E-state index < -0.39 is 24.5 Å². The molecule has 1 amide bonds. The summed E-state index contributed by atoms with van der Waals surface area (Å²) >= 11 is 0.935. The van der Waals surface area contributed by atoms with E-state index in [1.807, 2.05) is 6.92 Å². The van der Waals surface area contributed by atoms with E-state index in [0.29, 0.717) is 28.2 Å². The monoisotopic (exact) mass is 363 g/mol. The third kappa shape index (κ3) is 5.08. The van der Waals surface area contributed by atoms with E-state index in [1.54, 1.807) is 19.1 Å². The van der Waals surface area contributed by atoms with Crippen molar-refractivity contribution in [2.75, 3.05) is 18.5 Å². The first-order chi connectivity index (χ1) is 12.0. The maximum Gasteiger partial charge on any atom is 0.352 e. The van der Waals surface area contributed by atoms with Crippen LogP contribution >= 0.6 is 11.5 Å². The summed E-state index contributed by atoms with van der Waals surface area (Å²) in [7, 11) is 0. The summed E-state index contributed by atoms with van der Waals surface area (Å²) in [5.74, 6) is -1.55. The zero-order valence-electron chi connectivity index (χ0n) is 13.8. The average Bonchev–Trinajstić information content (AvgIpc) is 3.09. The number of hydrogen-bond acceptors (Lipinski definition) is 8. The lowest BCUT2D eigenvalue weighted by Gasteiger charge is -2.07. The van der Waals surface area contributed by atoms with E-state index >= 15 is 0 Å². The topological polar surface area (TPSA) is 107 Å². The van der Waals surface area contributed by atoms with Crippen LogP contribution in [0.2, 0.25) is 0 Å². The van der Waals surface area contributed by atoms with Crippen LogP contribution in [0.3, 0.4) is 0 Å². The quantitative estimate of drug-likeness (QED) is 0.750. The zero-order chi connectivity index (χ0) is 18.2. The fraction of sp³-hybridized carbons (Fsp3) is 0.312. The molecule has 0 atom stereocenters. The second-order valence-electron chi connectivity index (χ2n) is 4.82. The Kier molecular flexibility index (Phi) is 6.58. The molecule has 1 aromatic heterocycles. The number of hydrogen-bond donors (Lipinski definition) is 1. The van der Waals surface area contributed by atoms with Crippen LogP contribution in [-0.2, 0) is 20.7 Å². The normalized spacial score (nSPS) is 10.2. The predicted octanol–water partition coefficient (Wildman–Crippen LogP) is 2.07. The fourth-order valence-electron chi connectivity index (χ4n) is 1.89. The smallest absolute Gasteiger partial charge is 0.352 e. The van der Waals surface area contributed by atoms with Crippen molar-refractivity contribution in [2.24, 2.45) is 0 Å². The number of aromatic nitrogens is 2. The Morgan fingerprint density at radius 1 is 1.08 bits per heavy atom. The molecule has 0 saturated carbocycles. The molecule has 0 bridgehead atoms. The van der Waals surface area contributed by atoms with Crippen molar-refractivity contribution >= 4 is 35.1 Å². The van der Waals surface area contributed by atoms with Crippen LogP contribution in [0.1, 0.15) is 39.6 Å². The third-order valence-corrected chi connectivity index (χ3v) is 3.84. The van der Waals surface area contributed by atoms with Gasteiger partial charge in [0.1, 0.15) is 0 Å². The van der Waals surface area contributed by atoms with Gasteiger partial charge in [0.15, 0.2) is 11.5 Å². The molecule has 0 unspecified atom stereocenters. The standard InChI is InChI=1S/C16H17N3O5S/c1-3-12-14(25-19-18-12)16(22)24-9-13(20)17-11-7-5-10(6-8-11)15(21)23-4-2/h5-8H,3-4,9H2,1-2H3,(H,17,20). The lowest BCUT2D eigenvalue weighted by Crippen LogP contribution is -2.21. The molecule has 1 heterocycles. The first kappa shape index (κ1) is 18.5. The van der Waals surface area contributed by atoms with Crippen LogP contribution in [-0.4, -0.2) is 40.6 Å². The van der Waals surface area contributed by atoms with Gasteiger partial charge in [0.2, 0.25) is 0 Å². The fourth-order valence-corrected chi connectivity index (χ4v) is 2.54. The largest absolute Gasteiger partial charge is 0.462 e. The summed E-state index contributed by atoms with van der Waals surface area (Å²) in [5, 5.41) is 6.39. The molecule has 0 aliphatic carbocycles. The van der Waals surface area contributed by atoms with E-state index in [-0.39, 0.29) is 6.61 Å².